The lowest BCUT2D eigenvalue weighted by atomic mass is 9.71. The number of benzene rings is 2. The molecular formula is C31H33ClN6O4. The number of ether oxygens (including phenoxy) is 1. The summed E-state index contributed by atoms with van der Waals surface area (Å²) in [5, 5.41) is 27.0. The largest absolute Gasteiger partial charge is 0.630 e. The molecule has 11 heteroatoms. The van der Waals surface area contributed by atoms with Crippen molar-refractivity contribution in [1.29, 1.82) is 0 Å². The molecule has 2 aliphatic heterocycles. The van der Waals surface area contributed by atoms with Gasteiger partial charge in [0.1, 0.15) is 22.8 Å². The number of hydrogen-bond donors (Lipinski definition) is 2. The van der Waals surface area contributed by atoms with Crippen LogP contribution in [0.25, 0.3) is 16.7 Å². The Balaban J connectivity index is 1.53. The summed E-state index contributed by atoms with van der Waals surface area (Å²) in [5.41, 5.74) is 3.37. The molecule has 0 fully saturated rings. The van der Waals surface area contributed by atoms with Gasteiger partial charge < -0.3 is 20.2 Å². The number of halogens is 1. The lowest BCUT2D eigenvalue weighted by molar-refractivity contribution is -1.08. The first kappa shape index (κ1) is 28.3. The number of quaternary nitrogens is 2. The average molecular weight is 589 g/mol. The fraction of sp³-hybridized carbons (Fsp3) is 0.323. The van der Waals surface area contributed by atoms with Gasteiger partial charge in [0, 0.05) is 31.8 Å². The Kier molecular flexibility index (Phi) is 7.28. The van der Waals surface area contributed by atoms with E-state index in [1.165, 1.54) is 0 Å². The Bertz CT molecular complexity index is 1690. The van der Waals surface area contributed by atoms with Gasteiger partial charge in [0.15, 0.2) is 0 Å². The summed E-state index contributed by atoms with van der Waals surface area (Å²) in [7, 11) is 0. The van der Waals surface area contributed by atoms with E-state index in [1.54, 1.807) is 32.3 Å². The summed E-state index contributed by atoms with van der Waals surface area (Å²) < 4.78 is 7.75. The molecule has 0 radical (unpaired) electrons. The predicted octanol–water partition coefficient (Wildman–Crippen LogP) is 2.82. The van der Waals surface area contributed by atoms with E-state index >= 15 is 0 Å². The Hall–Kier alpha value is -3.80. The van der Waals surface area contributed by atoms with Crippen molar-refractivity contribution in [2.24, 2.45) is 0 Å². The third-order valence-corrected chi connectivity index (χ3v) is 8.93. The SMILES string of the molecule is CCOC(=O)C1(c2ccc(-n3c(C)nc4cnccc43)cc2)CC2=C(N(c3ccccc3Cl)C1)[NH+]([O-])C(C)[NH+]([O-])C2C. The number of pyridine rings is 1. The molecule has 0 aliphatic carbocycles. The van der Waals surface area contributed by atoms with Crippen molar-refractivity contribution in [3.05, 3.63) is 105 Å². The maximum absolute atomic E-state index is 14.0. The van der Waals surface area contributed by atoms with Crippen molar-refractivity contribution in [3.63, 3.8) is 0 Å². The molecule has 2 aliphatic rings. The highest BCUT2D eigenvalue weighted by molar-refractivity contribution is 6.33. The smallest absolute Gasteiger partial charge is 0.318 e. The second-order valence-corrected chi connectivity index (χ2v) is 11.4. The lowest BCUT2D eigenvalue weighted by Crippen LogP contribution is -3.35. The minimum absolute atomic E-state index is 0.131. The number of nitrogens with one attached hydrogen (secondary N) is 2. The van der Waals surface area contributed by atoms with Crippen LogP contribution in [0.1, 0.15) is 38.6 Å². The van der Waals surface area contributed by atoms with Crippen molar-refractivity contribution < 1.29 is 19.7 Å². The van der Waals surface area contributed by atoms with E-state index in [2.05, 4.69) is 9.97 Å². The minimum atomic E-state index is -1.20. The topological polar surface area (TPSA) is 115 Å². The number of aryl methyl sites for hydroxylation is 1. The molecule has 4 heterocycles. The molecule has 6 rings (SSSR count). The molecule has 42 heavy (non-hydrogen) atoms. The second kappa shape index (κ2) is 10.8. The summed E-state index contributed by atoms with van der Waals surface area (Å²) in [6.07, 6.45) is 2.87. The molecule has 0 bridgehead atoms. The average Bonchev–Trinajstić information content (AvgIpc) is 3.34. The van der Waals surface area contributed by atoms with Gasteiger partial charge in [0.2, 0.25) is 12.0 Å². The first-order chi connectivity index (χ1) is 20.2. The van der Waals surface area contributed by atoms with Crippen molar-refractivity contribution in [3.8, 4) is 5.69 Å². The van der Waals surface area contributed by atoms with E-state index < -0.39 is 23.6 Å². The molecule has 0 amide bonds. The van der Waals surface area contributed by atoms with E-state index in [4.69, 9.17) is 16.3 Å². The third kappa shape index (κ3) is 4.38. The lowest BCUT2D eigenvalue weighted by Gasteiger charge is -2.53. The molecule has 218 valence electrons. The number of esters is 1. The molecule has 0 saturated carbocycles. The molecule has 5 atom stereocenters. The summed E-state index contributed by atoms with van der Waals surface area (Å²) >= 11 is 6.69. The monoisotopic (exact) mass is 588 g/mol. The van der Waals surface area contributed by atoms with Crippen LogP contribution in [0, 0.1) is 17.3 Å². The highest BCUT2D eigenvalue weighted by Gasteiger charge is 2.54. The molecule has 0 saturated heterocycles. The van der Waals surface area contributed by atoms with Gasteiger partial charge in [-0.1, -0.05) is 35.9 Å². The van der Waals surface area contributed by atoms with Gasteiger partial charge >= 0.3 is 5.97 Å². The zero-order valence-corrected chi connectivity index (χ0v) is 24.7. The fourth-order valence-electron chi connectivity index (χ4n) is 6.42. The first-order valence-electron chi connectivity index (χ1n) is 14.1. The standard InChI is InChI=1S/C31H33ClN6O4/c1-5-42-30(39)31(22-10-12-23(13-11-22)36-20(3)34-26-17-33-15-14-28(26)36)16-24-19(2)37(40)21(4)38(41)29(24)35(18-31)27-9-7-6-8-25(27)32/h6-15,17,19,21,37-38H,5,16,18H2,1-4H3. The molecule has 4 aromatic rings. The minimum Gasteiger partial charge on any atom is -0.630 e. The molecule has 0 spiro atoms. The number of para-hydroxylation sites is 1. The normalized spacial score (nSPS) is 25.9. The quantitative estimate of drug-likeness (QED) is 0.272. The summed E-state index contributed by atoms with van der Waals surface area (Å²) in [4.78, 5) is 24.7. The summed E-state index contributed by atoms with van der Waals surface area (Å²) in [6, 6.07) is 16.4. The number of carbonyl (C=O) groups is 1. The molecule has 10 nitrogen and oxygen atoms in total. The van der Waals surface area contributed by atoms with Crippen LogP contribution in [0.4, 0.5) is 5.69 Å². The number of hydroxylamine groups is 4. The van der Waals surface area contributed by atoms with Gasteiger partial charge in [-0.2, -0.15) is 0 Å². The summed E-state index contributed by atoms with van der Waals surface area (Å²) in [5.74, 6) is 0.848. The van der Waals surface area contributed by atoms with E-state index in [0.717, 1.165) is 28.1 Å². The maximum Gasteiger partial charge on any atom is 0.318 e. The second-order valence-electron chi connectivity index (χ2n) is 11.0. The van der Waals surface area contributed by atoms with E-state index in [1.807, 2.05) is 71.8 Å². The van der Waals surface area contributed by atoms with Crippen LogP contribution in [-0.4, -0.2) is 45.9 Å². The van der Waals surface area contributed by atoms with Gasteiger partial charge in [-0.25, -0.2) is 4.98 Å². The number of carbonyl (C=O) groups excluding carboxylic acids is 1. The Morgan fingerprint density at radius 1 is 1.14 bits per heavy atom. The number of anilines is 1. The van der Waals surface area contributed by atoms with E-state index in [-0.39, 0.29) is 29.7 Å². The highest BCUT2D eigenvalue weighted by Crippen LogP contribution is 2.43. The van der Waals surface area contributed by atoms with Crippen molar-refractivity contribution in [1.82, 2.24) is 14.5 Å². The van der Waals surface area contributed by atoms with Gasteiger partial charge in [-0.3, -0.25) is 24.3 Å². The van der Waals surface area contributed by atoms with Crippen molar-refractivity contribution in [2.75, 3.05) is 18.1 Å². The van der Waals surface area contributed by atoms with Crippen LogP contribution in [0.5, 0.6) is 0 Å². The Morgan fingerprint density at radius 2 is 1.88 bits per heavy atom. The van der Waals surface area contributed by atoms with Gasteiger partial charge in [-0.05, 0) is 56.7 Å². The molecule has 2 aromatic heterocycles. The van der Waals surface area contributed by atoms with Crippen LogP contribution in [0.2, 0.25) is 5.02 Å². The molecule has 2 N–H and O–H groups in total. The fourth-order valence-corrected chi connectivity index (χ4v) is 6.66. The molecule has 5 unspecified atom stereocenters. The predicted molar refractivity (Wildman–Crippen MR) is 160 cm³/mol. The number of nitrogens with zero attached hydrogens (tertiary/aromatic N) is 4. The highest BCUT2D eigenvalue weighted by atomic mass is 35.5. The van der Waals surface area contributed by atoms with Crippen LogP contribution < -0.4 is 15.0 Å². The molecular weight excluding hydrogens is 556 g/mol. The van der Waals surface area contributed by atoms with E-state index in [0.29, 0.717) is 22.1 Å². The Morgan fingerprint density at radius 3 is 2.60 bits per heavy atom. The number of fused-ring (bicyclic) bond motifs is 1. The third-order valence-electron chi connectivity index (χ3n) is 8.61. The maximum atomic E-state index is 14.0. The van der Waals surface area contributed by atoms with Gasteiger partial charge in [0.05, 0.1) is 34.6 Å². The number of rotatable bonds is 5. The Labute approximate surface area is 248 Å². The van der Waals surface area contributed by atoms with Crippen LogP contribution in [0.15, 0.2) is 78.4 Å². The zero-order chi connectivity index (χ0) is 29.8. The zero-order valence-electron chi connectivity index (χ0n) is 23.9. The van der Waals surface area contributed by atoms with Crippen molar-refractivity contribution in [2.45, 2.75) is 51.7 Å². The van der Waals surface area contributed by atoms with Crippen LogP contribution in [-0.2, 0) is 14.9 Å². The van der Waals surface area contributed by atoms with Crippen molar-refractivity contribution >= 4 is 34.3 Å². The molecule has 2 aromatic carbocycles. The van der Waals surface area contributed by atoms with E-state index in [9.17, 15) is 15.2 Å². The summed E-state index contributed by atoms with van der Waals surface area (Å²) in [6.45, 7) is 7.50. The van der Waals surface area contributed by atoms with Gasteiger partial charge in [-0.15, -0.1) is 0 Å². The first-order valence-corrected chi connectivity index (χ1v) is 14.5. The number of aromatic nitrogens is 3. The van der Waals surface area contributed by atoms with Crippen LogP contribution >= 0.6 is 11.6 Å². The van der Waals surface area contributed by atoms with Gasteiger partial charge in [0.25, 0.3) is 0 Å². The van der Waals surface area contributed by atoms with Crippen LogP contribution in [0.3, 0.4) is 0 Å². The number of hydrogen-bond acceptors (Lipinski definition) is 7. The number of imidazole rings is 1.